The highest BCUT2D eigenvalue weighted by atomic mass is 16.7. The van der Waals surface area contributed by atoms with Crippen LogP contribution in [0.25, 0.3) is 0 Å². The summed E-state index contributed by atoms with van der Waals surface area (Å²) >= 11 is 0. The van der Waals surface area contributed by atoms with Gasteiger partial charge in [-0.15, -0.1) is 0 Å². The van der Waals surface area contributed by atoms with Gasteiger partial charge >= 0.3 is 6.03 Å². The van der Waals surface area contributed by atoms with Crippen molar-refractivity contribution in [3.8, 4) is 11.5 Å². The maximum atomic E-state index is 7.40. The minimum Gasteiger partial charge on any atom is -0.341 e. The summed E-state index contributed by atoms with van der Waals surface area (Å²) in [4.78, 5) is 0. The number of rotatable bonds is 15. The number of quaternary nitrogens is 2. The summed E-state index contributed by atoms with van der Waals surface area (Å²) in [6.07, 6.45) is 14.7. The van der Waals surface area contributed by atoms with Crippen LogP contribution in [0.15, 0.2) is 30.3 Å². The van der Waals surface area contributed by atoms with Crippen LogP contribution in [-0.4, -0.2) is 101 Å². The van der Waals surface area contributed by atoms with E-state index in [0.29, 0.717) is 18.0 Å². The first-order valence-electron chi connectivity index (χ1n) is 22.3. The summed E-state index contributed by atoms with van der Waals surface area (Å²) in [5.74, 6) is 2.47. The van der Waals surface area contributed by atoms with Gasteiger partial charge in [0.05, 0.1) is 63.5 Å². The molecule has 1 aliphatic carbocycles. The van der Waals surface area contributed by atoms with Crippen LogP contribution in [0.4, 0.5) is 0 Å². The molecule has 0 radical (unpaired) electrons. The van der Waals surface area contributed by atoms with Crippen molar-refractivity contribution >= 4 is 12.4 Å². The monoisotopic (exact) mass is 743 g/mol. The van der Waals surface area contributed by atoms with Crippen LogP contribution < -0.4 is 9.47 Å². The Bertz CT molecular complexity index is 1660. The molecular weight excluding hydrogens is 665 g/mol. The van der Waals surface area contributed by atoms with Gasteiger partial charge in [-0.1, -0.05) is 62.8 Å². The molecule has 6 nitrogen and oxygen atoms in total. The Morgan fingerprint density at radius 3 is 1.67 bits per heavy atom. The first kappa shape index (κ1) is 40.9. The Balaban J connectivity index is 1.37. The van der Waals surface area contributed by atoms with Gasteiger partial charge < -0.3 is 18.4 Å². The van der Waals surface area contributed by atoms with E-state index in [1.165, 1.54) is 128 Å². The molecule has 1 spiro atoms. The standard InChI is InChI=1S/C48H78N4O2/c1-13-51(14-2,15-3)29-21-23-36(24-22-30-52(16-4,17-5)18-6)37-27-28-44-38(31-37)34-49-42-25-19-20-26-43(42)50-35-39-32-40(46(7,8)9)33-41(47(10,11)12)45(39)54-48(49,50)53-44/h27-28,31-36,42-43H,13-26,29-30H2,1-12H3/q+4. The molecule has 3 aliphatic heterocycles. The summed E-state index contributed by atoms with van der Waals surface area (Å²) in [6, 6.07) is 11.6. The topological polar surface area (TPSA) is 24.5 Å². The molecule has 0 amide bonds. The number of hydrogen-bond donors (Lipinski definition) is 0. The fourth-order valence-corrected chi connectivity index (χ4v) is 10.4. The molecule has 6 heteroatoms. The third-order valence-corrected chi connectivity index (χ3v) is 14.8. The van der Waals surface area contributed by atoms with Crippen LogP contribution in [0.1, 0.15) is 168 Å². The molecule has 2 aromatic rings. The van der Waals surface area contributed by atoms with Gasteiger partial charge in [0, 0.05) is 18.4 Å². The van der Waals surface area contributed by atoms with Gasteiger partial charge in [-0.2, -0.15) is 0 Å². The lowest BCUT2D eigenvalue weighted by molar-refractivity contribution is -0.923. The van der Waals surface area contributed by atoms with E-state index in [2.05, 4.69) is 135 Å². The Morgan fingerprint density at radius 1 is 0.667 bits per heavy atom. The van der Waals surface area contributed by atoms with E-state index in [0.717, 1.165) is 24.3 Å². The van der Waals surface area contributed by atoms with Crippen LogP contribution in [-0.2, 0) is 10.8 Å². The normalized spacial score (nSPS) is 22.3. The van der Waals surface area contributed by atoms with Gasteiger partial charge in [-0.25, -0.2) is 0 Å². The number of hydrogen-bond acceptors (Lipinski definition) is 2. The molecule has 54 heavy (non-hydrogen) atoms. The maximum absolute atomic E-state index is 7.40. The Kier molecular flexibility index (Phi) is 11.9. The van der Waals surface area contributed by atoms with E-state index in [1.54, 1.807) is 0 Å². The van der Waals surface area contributed by atoms with Crippen molar-refractivity contribution in [3.63, 3.8) is 0 Å². The number of nitrogens with zero attached hydrogens (tertiary/aromatic N) is 4. The molecular formula is C48H78N4O2+4. The van der Waals surface area contributed by atoms with Crippen LogP contribution >= 0.6 is 0 Å². The van der Waals surface area contributed by atoms with Crippen molar-refractivity contribution in [2.24, 2.45) is 0 Å². The zero-order valence-electron chi connectivity index (χ0n) is 36.7. The van der Waals surface area contributed by atoms with Gasteiger partial charge in [0.2, 0.25) is 12.1 Å². The highest BCUT2D eigenvalue weighted by Gasteiger charge is 2.76. The Hall–Kier alpha value is -2.70. The van der Waals surface area contributed by atoms with Crippen molar-refractivity contribution in [1.29, 1.82) is 0 Å². The average molecular weight is 743 g/mol. The van der Waals surface area contributed by atoms with Crippen LogP contribution in [0, 0.1) is 0 Å². The molecule has 298 valence electrons. The van der Waals surface area contributed by atoms with Gasteiger partial charge in [0.25, 0.3) is 0 Å². The Labute approximate surface area is 330 Å². The predicted molar refractivity (Wildman–Crippen MR) is 226 cm³/mol. The maximum Gasteiger partial charge on any atom is 0.704 e. The predicted octanol–water partition coefficient (Wildman–Crippen LogP) is 9.96. The van der Waals surface area contributed by atoms with E-state index in [1.807, 2.05) is 0 Å². The van der Waals surface area contributed by atoms with E-state index in [4.69, 9.17) is 9.47 Å². The second-order valence-electron chi connectivity index (χ2n) is 19.5. The fourth-order valence-electron chi connectivity index (χ4n) is 10.4. The third-order valence-electron chi connectivity index (χ3n) is 14.8. The molecule has 3 heterocycles. The molecule has 1 saturated carbocycles. The lowest BCUT2D eigenvalue weighted by Crippen LogP contribution is -2.60. The van der Waals surface area contributed by atoms with Crippen LogP contribution in [0.3, 0.4) is 0 Å². The van der Waals surface area contributed by atoms with Gasteiger partial charge in [0.1, 0.15) is 0 Å². The number of benzene rings is 2. The summed E-state index contributed by atoms with van der Waals surface area (Å²) in [6.45, 7) is 38.1. The van der Waals surface area contributed by atoms with E-state index in [-0.39, 0.29) is 10.8 Å². The van der Waals surface area contributed by atoms with Gasteiger partial charge in [-0.3, -0.25) is 0 Å². The molecule has 2 fully saturated rings. The molecule has 3 unspecified atom stereocenters. The second-order valence-corrected chi connectivity index (χ2v) is 19.5. The third kappa shape index (κ3) is 7.57. The molecule has 2 aromatic carbocycles. The van der Waals surface area contributed by atoms with E-state index < -0.39 is 6.03 Å². The minimum atomic E-state index is -1.01. The molecule has 0 bridgehead atoms. The summed E-state index contributed by atoms with van der Waals surface area (Å²) in [5, 5.41) is 0. The quantitative estimate of drug-likeness (QED) is 0.134. The van der Waals surface area contributed by atoms with E-state index >= 15 is 0 Å². The smallest absolute Gasteiger partial charge is 0.341 e. The van der Waals surface area contributed by atoms with Crippen molar-refractivity contribution in [1.82, 2.24) is 0 Å². The molecule has 1 saturated heterocycles. The Morgan fingerprint density at radius 2 is 1.19 bits per heavy atom. The van der Waals surface area contributed by atoms with Crippen molar-refractivity contribution in [2.75, 3.05) is 52.4 Å². The van der Waals surface area contributed by atoms with Crippen LogP contribution in [0.5, 0.6) is 11.5 Å². The molecule has 6 rings (SSSR count). The van der Waals surface area contributed by atoms with E-state index in [9.17, 15) is 0 Å². The number of fused-ring (bicyclic) bond motifs is 5. The molecule has 0 N–H and O–H groups in total. The van der Waals surface area contributed by atoms with Gasteiger partial charge in [0.15, 0.2) is 23.9 Å². The number of ether oxygens (including phenoxy) is 2. The molecule has 4 aliphatic rings. The largest absolute Gasteiger partial charge is 0.704 e. The van der Waals surface area contributed by atoms with Crippen molar-refractivity contribution in [2.45, 2.75) is 169 Å². The first-order chi connectivity index (χ1) is 25.6. The van der Waals surface area contributed by atoms with Gasteiger partial charge in [-0.05, 0) is 126 Å². The second kappa shape index (κ2) is 15.7. The highest BCUT2D eigenvalue weighted by Crippen LogP contribution is 2.48. The fraction of sp³-hybridized carbons (Fsp3) is 0.708. The molecule has 0 aromatic heterocycles. The van der Waals surface area contributed by atoms with Crippen molar-refractivity contribution in [3.05, 3.63) is 58.1 Å². The minimum absolute atomic E-state index is 0.0422. The SMILES string of the molecule is CC[N+](CC)(CC)CCCC(CCC[N+](CC)(CC)CC)c1ccc2c(c1)C=[N+]1C3CCCCC3[N+]3=Cc4cc(C(C)(C)C)cc(C(C)(C)C)c4OC13O2. The average Bonchev–Trinajstić information content (AvgIpc) is 3.43. The first-order valence-corrected chi connectivity index (χ1v) is 22.3. The lowest BCUT2D eigenvalue weighted by Gasteiger charge is -2.37. The lowest BCUT2D eigenvalue weighted by atomic mass is 9.79. The summed E-state index contributed by atoms with van der Waals surface area (Å²) in [5.41, 5.74) is 6.45. The van der Waals surface area contributed by atoms with Crippen molar-refractivity contribution < 1.29 is 27.6 Å². The molecule has 3 atom stereocenters. The van der Waals surface area contributed by atoms with Crippen LogP contribution in [0.2, 0.25) is 0 Å². The zero-order chi connectivity index (χ0) is 39.1. The highest BCUT2D eigenvalue weighted by molar-refractivity contribution is 5.84. The zero-order valence-corrected chi connectivity index (χ0v) is 36.7. The summed E-state index contributed by atoms with van der Waals surface area (Å²) in [7, 11) is 0. The summed E-state index contributed by atoms with van der Waals surface area (Å²) < 4.78 is 22.1.